The molecule has 0 bridgehead atoms. The van der Waals surface area contributed by atoms with E-state index in [0.717, 1.165) is 19.6 Å². The van der Waals surface area contributed by atoms with Crippen LogP contribution in [0.4, 0.5) is 23.3 Å². The molecule has 3 rings (SSSR count). The minimum atomic E-state index is 0.346. The first kappa shape index (κ1) is 21.8. The Morgan fingerprint density at radius 3 is 2.93 bits per heavy atom. The third-order valence-electron chi connectivity index (χ3n) is 4.77. The van der Waals surface area contributed by atoms with Crippen molar-refractivity contribution < 1.29 is 4.74 Å². The molecule has 0 spiro atoms. The highest BCUT2D eigenvalue weighted by Gasteiger charge is 2.23. The maximum Gasteiger partial charge on any atom is 0.228 e. The Morgan fingerprint density at radius 1 is 1.37 bits per heavy atom. The predicted octanol–water partition coefficient (Wildman–Crippen LogP) is 2.03. The molecule has 0 aromatic carbocycles. The lowest BCUT2D eigenvalue weighted by Crippen LogP contribution is -2.50. The molecular weight excluding hydrogens is 382 g/mol. The lowest BCUT2D eigenvalue weighted by atomic mass is 10.1. The van der Waals surface area contributed by atoms with Crippen molar-refractivity contribution >= 4 is 29.0 Å². The summed E-state index contributed by atoms with van der Waals surface area (Å²) in [5, 5.41) is 18.6. The molecule has 4 N–H and O–H groups in total. The molecular formula is C20H31N9O. The van der Waals surface area contributed by atoms with Crippen LogP contribution in [0.25, 0.3) is 0 Å². The summed E-state index contributed by atoms with van der Waals surface area (Å²) in [7, 11) is 0. The predicted molar refractivity (Wildman–Crippen MR) is 119 cm³/mol. The molecule has 3 heterocycles. The van der Waals surface area contributed by atoms with Crippen molar-refractivity contribution in [3.63, 3.8) is 0 Å². The van der Waals surface area contributed by atoms with Crippen molar-refractivity contribution in [1.29, 1.82) is 5.41 Å². The molecule has 162 valence electrons. The second kappa shape index (κ2) is 10.8. The minimum Gasteiger partial charge on any atom is -0.380 e. The van der Waals surface area contributed by atoms with Crippen LogP contribution in [0.1, 0.15) is 32.9 Å². The zero-order chi connectivity index (χ0) is 21.3. The average molecular weight is 414 g/mol. The largest absolute Gasteiger partial charge is 0.380 e. The first-order valence-corrected chi connectivity index (χ1v) is 10.4. The number of hydrogen-bond acceptors (Lipinski definition) is 10. The quantitative estimate of drug-likeness (QED) is 0.342. The summed E-state index contributed by atoms with van der Waals surface area (Å²) in [6, 6.07) is 2.13. The monoisotopic (exact) mass is 413 g/mol. The Morgan fingerprint density at radius 2 is 2.23 bits per heavy atom. The van der Waals surface area contributed by atoms with Crippen molar-refractivity contribution in [3.8, 4) is 0 Å². The van der Waals surface area contributed by atoms with Gasteiger partial charge in [0.05, 0.1) is 12.3 Å². The molecule has 0 radical (unpaired) electrons. The zero-order valence-corrected chi connectivity index (χ0v) is 17.9. The molecule has 2 aromatic heterocycles. The number of anilines is 4. The van der Waals surface area contributed by atoms with Gasteiger partial charge in [-0.15, -0.1) is 0 Å². The first-order valence-electron chi connectivity index (χ1n) is 10.4. The van der Waals surface area contributed by atoms with E-state index in [-0.39, 0.29) is 0 Å². The maximum absolute atomic E-state index is 8.52. The van der Waals surface area contributed by atoms with Gasteiger partial charge in [-0.1, -0.05) is 6.92 Å². The molecule has 0 aliphatic carbocycles. The van der Waals surface area contributed by atoms with Crippen LogP contribution in [0, 0.1) is 5.41 Å². The van der Waals surface area contributed by atoms with Crippen molar-refractivity contribution in [2.45, 2.75) is 33.2 Å². The van der Waals surface area contributed by atoms with Crippen molar-refractivity contribution in [2.75, 3.05) is 54.9 Å². The Bertz CT molecular complexity index is 831. The van der Waals surface area contributed by atoms with Crippen LogP contribution < -0.4 is 20.9 Å². The molecule has 1 aliphatic rings. The second-order valence-corrected chi connectivity index (χ2v) is 7.07. The Kier molecular flexibility index (Phi) is 7.86. The van der Waals surface area contributed by atoms with E-state index < -0.39 is 0 Å². The van der Waals surface area contributed by atoms with E-state index in [1.807, 2.05) is 13.8 Å². The summed E-state index contributed by atoms with van der Waals surface area (Å²) in [6.45, 7) is 10.4. The summed E-state index contributed by atoms with van der Waals surface area (Å²) in [4.78, 5) is 20.0. The van der Waals surface area contributed by atoms with Gasteiger partial charge >= 0.3 is 0 Å². The van der Waals surface area contributed by atoms with E-state index in [0.29, 0.717) is 66.9 Å². The summed E-state index contributed by atoms with van der Waals surface area (Å²) in [5.41, 5.74) is 1.74. The standard InChI is InChI=1S/C20H31N9O/c1-4-15(21)17-18(24-9-11-30-5-2)19(26-16-6-7-22-13-25-16)28-20(27-17)29-10-8-23-14(3)12-29/h6-7,13-14,21,23-24H,4-5,8-12H2,1-3H3,(H,22,25,26,27,28)/t14-/m0/s1. The van der Waals surface area contributed by atoms with Gasteiger partial charge in [-0.25, -0.2) is 15.0 Å². The highest BCUT2D eigenvalue weighted by atomic mass is 16.5. The number of piperazine rings is 1. The molecule has 1 fully saturated rings. The highest BCUT2D eigenvalue weighted by Crippen LogP contribution is 2.29. The Hall–Kier alpha value is -2.85. The molecule has 2 aromatic rings. The van der Waals surface area contributed by atoms with E-state index >= 15 is 0 Å². The van der Waals surface area contributed by atoms with Gasteiger partial charge in [0.2, 0.25) is 5.95 Å². The first-order chi connectivity index (χ1) is 14.6. The van der Waals surface area contributed by atoms with E-state index in [4.69, 9.17) is 20.1 Å². The normalized spacial score (nSPS) is 16.4. The summed E-state index contributed by atoms with van der Waals surface area (Å²) in [5.74, 6) is 1.84. The van der Waals surface area contributed by atoms with Crippen molar-refractivity contribution in [2.24, 2.45) is 0 Å². The van der Waals surface area contributed by atoms with Crippen LogP contribution in [-0.2, 0) is 4.74 Å². The summed E-state index contributed by atoms with van der Waals surface area (Å²) >= 11 is 0. The molecule has 0 amide bonds. The highest BCUT2D eigenvalue weighted by molar-refractivity contribution is 6.03. The molecule has 1 saturated heterocycles. The van der Waals surface area contributed by atoms with Crippen molar-refractivity contribution in [1.82, 2.24) is 25.3 Å². The van der Waals surface area contributed by atoms with Crippen molar-refractivity contribution in [3.05, 3.63) is 24.3 Å². The van der Waals surface area contributed by atoms with Gasteiger partial charge in [0.1, 0.15) is 23.5 Å². The Labute approximate surface area is 177 Å². The summed E-state index contributed by atoms with van der Waals surface area (Å²) in [6.07, 6.45) is 3.73. The van der Waals surface area contributed by atoms with E-state index in [2.05, 4.69) is 37.7 Å². The third kappa shape index (κ3) is 5.61. The summed E-state index contributed by atoms with van der Waals surface area (Å²) < 4.78 is 5.46. The number of rotatable bonds is 10. The fraction of sp³-hybridized carbons (Fsp3) is 0.550. The van der Waals surface area contributed by atoms with E-state index in [1.54, 1.807) is 12.3 Å². The van der Waals surface area contributed by atoms with Crippen LogP contribution in [0.3, 0.4) is 0 Å². The number of nitrogens with one attached hydrogen (secondary N) is 4. The van der Waals surface area contributed by atoms with Gasteiger partial charge in [-0.05, 0) is 26.3 Å². The zero-order valence-electron chi connectivity index (χ0n) is 17.9. The molecule has 1 aliphatic heterocycles. The van der Waals surface area contributed by atoms with Gasteiger partial charge in [-0.3, -0.25) is 0 Å². The van der Waals surface area contributed by atoms with E-state index in [1.165, 1.54) is 6.33 Å². The van der Waals surface area contributed by atoms with Gasteiger partial charge < -0.3 is 31.0 Å². The molecule has 10 nitrogen and oxygen atoms in total. The number of hydrogen-bond donors (Lipinski definition) is 4. The van der Waals surface area contributed by atoms with Gasteiger partial charge in [-0.2, -0.15) is 4.98 Å². The Balaban J connectivity index is 2.00. The van der Waals surface area contributed by atoms with Gasteiger partial charge in [0, 0.05) is 45.0 Å². The second-order valence-electron chi connectivity index (χ2n) is 7.07. The van der Waals surface area contributed by atoms with Crippen LogP contribution in [-0.4, -0.2) is 71.1 Å². The van der Waals surface area contributed by atoms with Crippen LogP contribution in [0.2, 0.25) is 0 Å². The lowest BCUT2D eigenvalue weighted by molar-refractivity contribution is 0.158. The molecule has 10 heteroatoms. The smallest absolute Gasteiger partial charge is 0.228 e. The molecule has 30 heavy (non-hydrogen) atoms. The lowest BCUT2D eigenvalue weighted by Gasteiger charge is -2.32. The van der Waals surface area contributed by atoms with Crippen LogP contribution >= 0.6 is 0 Å². The van der Waals surface area contributed by atoms with E-state index in [9.17, 15) is 0 Å². The van der Waals surface area contributed by atoms with Crippen LogP contribution in [0.5, 0.6) is 0 Å². The number of aromatic nitrogens is 4. The molecule has 0 unspecified atom stereocenters. The number of nitrogens with zero attached hydrogens (tertiary/aromatic N) is 5. The third-order valence-corrected chi connectivity index (χ3v) is 4.77. The fourth-order valence-electron chi connectivity index (χ4n) is 3.23. The molecule has 0 saturated carbocycles. The SMILES string of the molecule is CCOCCNc1c(Nc2ccncn2)nc(N2CCN[C@@H](C)C2)nc1C(=N)CC. The maximum atomic E-state index is 8.52. The molecule has 1 atom stereocenters. The van der Waals surface area contributed by atoms with Gasteiger partial charge in [0.25, 0.3) is 0 Å². The van der Waals surface area contributed by atoms with Crippen LogP contribution in [0.15, 0.2) is 18.6 Å². The average Bonchev–Trinajstić information content (AvgIpc) is 2.77. The topological polar surface area (TPSA) is 124 Å². The van der Waals surface area contributed by atoms with Gasteiger partial charge in [0.15, 0.2) is 5.82 Å². The number of ether oxygens (including phenoxy) is 1. The fourth-order valence-corrected chi connectivity index (χ4v) is 3.23. The minimum absolute atomic E-state index is 0.346.